The highest BCUT2D eigenvalue weighted by Crippen LogP contribution is 2.18. The van der Waals surface area contributed by atoms with E-state index in [0.29, 0.717) is 18.6 Å². The Morgan fingerprint density at radius 2 is 2.00 bits per heavy atom. The highest BCUT2D eigenvalue weighted by atomic mass is 79.9. The number of aromatic hydroxyl groups is 1. The van der Waals surface area contributed by atoms with Gasteiger partial charge < -0.3 is 10.2 Å². The largest absolute Gasteiger partial charge is 0.508 e. The van der Waals surface area contributed by atoms with Gasteiger partial charge in [-0.1, -0.05) is 34.1 Å². The number of benzene rings is 1. The first-order chi connectivity index (χ1) is 5.70. The molecule has 0 aliphatic heterocycles. The highest BCUT2D eigenvalue weighted by Gasteiger charge is 2.02. The Morgan fingerprint density at radius 1 is 1.33 bits per heavy atom. The lowest BCUT2D eigenvalue weighted by Gasteiger charge is -2.04. The van der Waals surface area contributed by atoms with Crippen LogP contribution in [0.3, 0.4) is 0 Å². The van der Waals surface area contributed by atoms with Crippen molar-refractivity contribution in [2.24, 2.45) is 0 Å². The summed E-state index contributed by atoms with van der Waals surface area (Å²) in [6.07, 6.45) is 1.29. The second-order valence-corrected chi connectivity index (χ2v) is 3.66. The quantitative estimate of drug-likeness (QED) is 0.781. The van der Waals surface area contributed by atoms with Crippen molar-refractivity contribution in [3.05, 3.63) is 29.8 Å². The van der Waals surface area contributed by atoms with Gasteiger partial charge in [0.1, 0.15) is 10.8 Å². The molecule has 1 rings (SSSR count). The molecular weight excluding hydrogens is 220 g/mol. The van der Waals surface area contributed by atoms with Crippen molar-refractivity contribution in [2.75, 3.05) is 0 Å². The van der Waals surface area contributed by atoms with E-state index >= 15 is 0 Å². The van der Waals surface area contributed by atoms with Crippen molar-refractivity contribution in [2.45, 2.75) is 17.9 Å². The Morgan fingerprint density at radius 3 is 2.58 bits per heavy atom. The normalized spacial score (nSPS) is 12.8. The smallest absolute Gasteiger partial charge is 0.118 e. The standard InChI is InChI=1S/C9H11BrO2/c10-9(12)6-5-7-3-1-2-4-8(7)11/h1-4,9,11-12H,5-6H2. The van der Waals surface area contributed by atoms with Crippen LogP contribution in [0.25, 0.3) is 0 Å². The molecule has 0 aromatic heterocycles. The van der Waals surface area contributed by atoms with E-state index in [-0.39, 0.29) is 0 Å². The lowest BCUT2D eigenvalue weighted by molar-refractivity contribution is 0.259. The van der Waals surface area contributed by atoms with Gasteiger partial charge in [-0.05, 0) is 24.5 Å². The summed E-state index contributed by atoms with van der Waals surface area (Å²) >= 11 is 3.03. The van der Waals surface area contributed by atoms with E-state index in [1.807, 2.05) is 12.1 Å². The van der Waals surface area contributed by atoms with E-state index in [2.05, 4.69) is 15.9 Å². The molecule has 2 N–H and O–H groups in total. The van der Waals surface area contributed by atoms with Gasteiger partial charge >= 0.3 is 0 Å². The molecule has 0 fully saturated rings. The van der Waals surface area contributed by atoms with Gasteiger partial charge in [0.2, 0.25) is 0 Å². The zero-order valence-electron chi connectivity index (χ0n) is 6.57. The van der Waals surface area contributed by atoms with Crippen LogP contribution in [0.5, 0.6) is 5.75 Å². The van der Waals surface area contributed by atoms with Crippen LogP contribution in [-0.2, 0) is 6.42 Å². The fourth-order valence-corrected chi connectivity index (χ4v) is 1.23. The molecule has 0 amide bonds. The predicted molar refractivity (Wildman–Crippen MR) is 51.4 cm³/mol. The second kappa shape index (κ2) is 4.48. The van der Waals surface area contributed by atoms with Gasteiger partial charge in [0.25, 0.3) is 0 Å². The van der Waals surface area contributed by atoms with Crippen LogP contribution in [0.4, 0.5) is 0 Å². The van der Waals surface area contributed by atoms with Crippen LogP contribution in [0, 0.1) is 0 Å². The van der Waals surface area contributed by atoms with Crippen molar-refractivity contribution in [3.63, 3.8) is 0 Å². The Kier molecular flexibility index (Phi) is 3.56. The summed E-state index contributed by atoms with van der Waals surface area (Å²) in [5, 5.41) is 17.8. The van der Waals surface area contributed by atoms with Crippen LogP contribution in [0.15, 0.2) is 24.3 Å². The van der Waals surface area contributed by atoms with Crippen LogP contribution < -0.4 is 0 Å². The molecule has 1 atom stereocenters. The first kappa shape index (κ1) is 9.55. The number of aryl methyl sites for hydroxylation is 1. The van der Waals surface area contributed by atoms with Crippen LogP contribution in [0.1, 0.15) is 12.0 Å². The minimum absolute atomic E-state index is 0.297. The molecule has 0 heterocycles. The number of aliphatic hydroxyl groups is 1. The Hall–Kier alpha value is -0.540. The highest BCUT2D eigenvalue weighted by molar-refractivity contribution is 9.09. The molecule has 2 nitrogen and oxygen atoms in total. The Balaban J connectivity index is 2.57. The average Bonchev–Trinajstić information content (AvgIpc) is 2.03. The van der Waals surface area contributed by atoms with Gasteiger partial charge in [-0.2, -0.15) is 0 Å². The second-order valence-electron chi connectivity index (χ2n) is 2.60. The molecule has 0 saturated carbocycles. The molecule has 1 unspecified atom stereocenters. The van der Waals surface area contributed by atoms with E-state index in [1.165, 1.54) is 0 Å². The van der Waals surface area contributed by atoms with Crippen molar-refractivity contribution in [3.8, 4) is 5.75 Å². The number of phenolic OH excluding ortho intramolecular Hbond substituents is 1. The Bertz CT molecular complexity index is 248. The molecule has 0 radical (unpaired) electrons. The molecule has 1 aromatic rings. The zero-order chi connectivity index (χ0) is 8.97. The van der Waals surface area contributed by atoms with Crippen LogP contribution in [0.2, 0.25) is 0 Å². The lowest BCUT2D eigenvalue weighted by atomic mass is 10.1. The monoisotopic (exact) mass is 230 g/mol. The van der Waals surface area contributed by atoms with E-state index in [9.17, 15) is 5.11 Å². The van der Waals surface area contributed by atoms with Crippen LogP contribution in [-0.4, -0.2) is 15.2 Å². The van der Waals surface area contributed by atoms with Crippen molar-refractivity contribution >= 4 is 15.9 Å². The molecule has 0 bridgehead atoms. The van der Waals surface area contributed by atoms with E-state index < -0.39 is 5.01 Å². The van der Waals surface area contributed by atoms with Gasteiger partial charge in [0.15, 0.2) is 0 Å². The molecule has 0 spiro atoms. The molecule has 0 saturated heterocycles. The van der Waals surface area contributed by atoms with Gasteiger partial charge in [-0.25, -0.2) is 0 Å². The summed E-state index contributed by atoms with van der Waals surface area (Å²) in [6.45, 7) is 0. The average molecular weight is 231 g/mol. The fraction of sp³-hybridized carbons (Fsp3) is 0.333. The molecule has 0 aliphatic rings. The number of aliphatic hydroxyl groups excluding tert-OH is 1. The van der Waals surface area contributed by atoms with E-state index in [4.69, 9.17) is 5.11 Å². The molecular formula is C9H11BrO2. The number of alkyl halides is 1. The zero-order valence-corrected chi connectivity index (χ0v) is 8.16. The number of hydrogen-bond acceptors (Lipinski definition) is 2. The van der Waals surface area contributed by atoms with Crippen molar-refractivity contribution in [1.29, 1.82) is 0 Å². The molecule has 1 aromatic carbocycles. The summed E-state index contributed by atoms with van der Waals surface area (Å²) in [5.41, 5.74) is 0.871. The number of rotatable bonds is 3. The summed E-state index contributed by atoms with van der Waals surface area (Å²) in [4.78, 5) is 0. The predicted octanol–water partition coefficient (Wildman–Crippen LogP) is 2.04. The van der Waals surface area contributed by atoms with Gasteiger partial charge in [0.05, 0.1) is 0 Å². The van der Waals surface area contributed by atoms with Crippen molar-refractivity contribution < 1.29 is 10.2 Å². The number of halogens is 1. The van der Waals surface area contributed by atoms with Crippen LogP contribution >= 0.6 is 15.9 Å². The summed E-state index contributed by atoms with van der Waals surface area (Å²) in [6, 6.07) is 7.15. The van der Waals surface area contributed by atoms with Gasteiger partial charge in [0, 0.05) is 0 Å². The third-order valence-corrected chi connectivity index (χ3v) is 2.10. The third-order valence-electron chi connectivity index (χ3n) is 1.64. The summed E-state index contributed by atoms with van der Waals surface area (Å²) < 4.78 is 0. The lowest BCUT2D eigenvalue weighted by Crippen LogP contribution is -1.97. The molecule has 0 aliphatic carbocycles. The summed E-state index contributed by atoms with van der Waals surface area (Å²) in [5.74, 6) is 0.297. The van der Waals surface area contributed by atoms with Crippen molar-refractivity contribution in [1.82, 2.24) is 0 Å². The number of phenols is 1. The number of hydrogen-bond donors (Lipinski definition) is 2. The maximum atomic E-state index is 9.33. The molecule has 12 heavy (non-hydrogen) atoms. The fourth-order valence-electron chi connectivity index (χ4n) is 0.997. The minimum atomic E-state index is -0.489. The van der Waals surface area contributed by atoms with Gasteiger partial charge in [-0.3, -0.25) is 0 Å². The maximum Gasteiger partial charge on any atom is 0.118 e. The minimum Gasteiger partial charge on any atom is -0.508 e. The third kappa shape index (κ3) is 2.83. The van der Waals surface area contributed by atoms with E-state index in [0.717, 1.165) is 5.56 Å². The Labute approximate surface area is 80.0 Å². The first-order valence-electron chi connectivity index (χ1n) is 3.79. The SMILES string of the molecule is Oc1ccccc1CCC(O)Br. The number of para-hydroxylation sites is 1. The first-order valence-corrected chi connectivity index (χ1v) is 4.70. The molecule has 66 valence electrons. The topological polar surface area (TPSA) is 40.5 Å². The maximum absolute atomic E-state index is 9.33. The van der Waals surface area contributed by atoms with E-state index in [1.54, 1.807) is 12.1 Å². The summed E-state index contributed by atoms with van der Waals surface area (Å²) in [7, 11) is 0. The van der Waals surface area contributed by atoms with Gasteiger partial charge in [-0.15, -0.1) is 0 Å². The molecule has 3 heteroatoms.